The van der Waals surface area contributed by atoms with E-state index in [0.717, 1.165) is 32.1 Å². The molecule has 3 nitrogen and oxygen atoms in total. The van der Waals surface area contributed by atoms with Crippen molar-refractivity contribution in [2.75, 3.05) is 6.61 Å². The van der Waals surface area contributed by atoms with Crippen LogP contribution in [0.15, 0.2) is 12.2 Å². The molecule has 0 saturated carbocycles. The number of allylic oxidation sites excluding steroid dienone is 1. The predicted molar refractivity (Wildman–Crippen MR) is 59.7 cm³/mol. The summed E-state index contributed by atoms with van der Waals surface area (Å²) < 4.78 is 5.46. The summed E-state index contributed by atoms with van der Waals surface area (Å²) in [5.74, 6) is 0. The second-order valence-corrected chi connectivity index (χ2v) is 4.18. The summed E-state index contributed by atoms with van der Waals surface area (Å²) in [6.45, 7) is 2.02. The van der Waals surface area contributed by atoms with Crippen LogP contribution < -0.4 is 0 Å². The van der Waals surface area contributed by atoms with E-state index in [0.29, 0.717) is 12.2 Å². The lowest BCUT2D eigenvalue weighted by atomic mass is 10.1. The standard InChI is InChI=1S/C12H22O3/c1-10(14)6-3-2-4-7-11-12(15-11)8-5-9-13/h3,6,10-14H,2,4-5,7-9H2,1H3/b6-3+/t10-,11-,12-/m0/s1. The Labute approximate surface area is 91.8 Å². The monoisotopic (exact) mass is 214 g/mol. The highest BCUT2D eigenvalue weighted by atomic mass is 16.6. The second-order valence-electron chi connectivity index (χ2n) is 4.18. The lowest BCUT2D eigenvalue weighted by molar-refractivity contribution is 0.243. The van der Waals surface area contributed by atoms with Gasteiger partial charge in [-0.05, 0) is 39.0 Å². The Morgan fingerprint density at radius 2 is 1.93 bits per heavy atom. The van der Waals surface area contributed by atoms with Crippen molar-refractivity contribution >= 4 is 0 Å². The quantitative estimate of drug-likeness (QED) is 0.367. The van der Waals surface area contributed by atoms with E-state index in [9.17, 15) is 0 Å². The van der Waals surface area contributed by atoms with E-state index in [1.807, 2.05) is 12.2 Å². The summed E-state index contributed by atoms with van der Waals surface area (Å²) >= 11 is 0. The zero-order chi connectivity index (χ0) is 11.1. The van der Waals surface area contributed by atoms with Gasteiger partial charge in [0.05, 0.1) is 18.3 Å². The third-order valence-electron chi connectivity index (χ3n) is 2.61. The number of hydrogen-bond acceptors (Lipinski definition) is 3. The molecule has 0 amide bonds. The zero-order valence-electron chi connectivity index (χ0n) is 9.43. The average Bonchev–Trinajstić information content (AvgIpc) is 2.93. The number of rotatable bonds is 8. The predicted octanol–water partition coefficient (Wildman–Crippen LogP) is 1.63. The van der Waals surface area contributed by atoms with Crippen LogP contribution in [0.25, 0.3) is 0 Å². The molecule has 1 saturated heterocycles. The first-order chi connectivity index (χ1) is 7.24. The average molecular weight is 214 g/mol. The molecule has 0 unspecified atom stereocenters. The number of aliphatic hydroxyl groups is 2. The molecule has 0 spiro atoms. The maximum atomic E-state index is 8.98. The highest BCUT2D eigenvalue weighted by Gasteiger charge is 2.36. The van der Waals surface area contributed by atoms with Crippen molar-refractivity contribution in [1.82, 2.24) is 0 Å². The van der Waals surface area contributed by atoms with Crippen molar-refractivity contribution in [1.29, 1.82) is 0 Å². The Kier molecular flexibility index (Phi) is 5.91. The minimum atomic E-state index is -0.334. The van der Waals surface area contributed by atoms with Crippen LogP contribution in [0.3, 0.4) is 0 Å². The molecule has 1 aliphatic heterocycles. The molecule has 0 radical (unpaired) electrons. The second kappa shape index (κ2) is 6.99. The van der Waals surface area contributed by atoms with Crippen molar-refractivity contribution in [3.05, 3.63) is 12.2 Å². The van der Waals surface area contributed by atoms with Gasteiger partial charge in [-0.25, -0.2) is 0 Å². The van der Waals surface area contributed by atoms with Gasteiger partial charge in [0.25, 0.3) is 0 Å². The van der Waals surface area contributed by atoms with Crippen LogP contribution in [0.1, 0.15) is 39.0 Å². The molecule has 88 valence electrons. The molecule has 0 aromatic rings. The van der Waals surface area contributed by atoms with Crippen LogP contribution in [-0.4, -0.2) is 35.1 Å². The molecule has 3 atom stereocenters. The molecule has 1 fully saturated rings. The van der Waals surface area contributed by atoms with Crippen LogP contribution >= 0.6 is 0 Å². The van der Waals surface area contributed by atoms with Gasteiger partial charge in [-0.3, -0.25) is 0 Å². The topological polar surface area (TPSA) is 53.0 Å². The fourth-order valence-electron chi connectivity index (χ4n) is 1.71. The van der Waals surface area contributed by atoms with Gasteiger partial charge in [0.2, 0.25) is 0 Å². The molecule has 3 heteroatoms. The van der Waals surface area contributed by atoms with E-state index in [4.69, 9.17) is 14.9 Å². The lowest BCUT2D eigenvalue weighted by Crippen LogP contribution is -1.96. The first-order valence-electron chi connectivity index (χ1n) is 5.85. The van der Waals surface area contributed by atoms with Crippen LogP contribution in [0, 0.1) is 0 Å². The van der Waals surface area contributed by atoms with Gasteiger partial charge in [-0.1, -0.05) is 12.2 Å². The third kappa shape index (κ3) is 5.92. The summed E-state index contributed by atoms with van der Waals surface area (Å²) in [7, 11) is 0. The number of epoxide rings is 1. The molecule has 0 aliphatic carbocycles. The smallest absolute Gasteiger partial charge is 0.0842 e. The van der Waals surface area contributed by atoms with Gasteiger partial charge in [-0.15, -0.1) is 0 Å². The summed E-state index contributed by atoms with van der Waals surface area (Å²) in [4.78, 5) is 0. The van der Waals surface area contributed by atoms with Crippen LogP contribution in [0.5, 0.6) is 0 Å². The van der Waals surface area contributed by atoms with Crippen molar-refractivity contribution in [2.45, 2.75) is 57.3 Å². The van der Waals surface area contributed by atoms with Gasteiger partial charge < -0.3 is 14.9 Å². The summed E-state index contributed by atoms with van der Waals surface area (Å²) in [6, 6.07) is 0. The molecule has 1 aliphatic rings. The van der Waals surface area contributed by atoms with Crippen LogP contribution in [-0.2, 0) is 4.74 Å². The molecule has 2 N–H and O–H groups in total. The molecule has 0 aromatic carbocycles. The van der Waals surface area contributed by atoms with Crippen LogP contribution in [0.2, 0.25) is 0 Å². The van der Waals surface area contributed by atoms with Gasteiger partial charge in [0, 0.05) is 6.61 Å². The highest BCUT2D eigenvalue weighted by Crippen LogP contribution is 2.30. The van der Waals surface area contributed by atoms with E-state index in [1.54, 1.807) is 6.92 Å². The van der Waals surface area contributed by atoms with Crippen molar-refractivity contribution in [3.8, 4) is 0 Å². The molecule has 1 heterocycles. The summed E-state index contributed by atoms with van der Waals surface area (Å²) in [5, 5.41) is 17.6. The maximum absolute atomic E-state index is 8.98. The third-order valence-corrected chi connectivity index (χ3v) is 2.61. The Morgan fingerprint density at radius 3 is 2.53 bits per heavy atom. The first-order valence-corrected chi connectivity index (χ1v) is 5.85. The number of ether oxygens (including phenoxy) is 1. The molecular weight excluding hydrogens is 192 g/mol. The number of hydrogen-bond donors (Lipinski definition) is 2. The Balaban J connectivity index is 1.90. The van der Waals surface area contributed by atoms with E-state index in [2.05, 4.69) is 0 Å². The molecule has 0 bridgehead atoms. The van der Waals surface area contributed by atoms with Crippen molar-refractivity contribution in [2.24, 2.45) is 0 Å². The fraction of sp³-hybridized carbons (Fsp3) is 0.833. The molecule has 1 rings (SSSR count). The Bertz CT molecular complexity index is 189. The summed E-state index contributed by atoms with van der Waals surface area (Å²) in [5.41, 5.74) is 0. The Hall–Kier alpha value is -0.380. The van der Waals surface area contributed by atoms with E-state index in [1.165, 1.54) is 0 Å². The highest BCUT2D eigenvalue weighted by molar-refractivity contribution is 4.88. The SMILES string of the molecule is C[C@H](O)/C=C/CCC[C@@H]1O[C@H]1CCCO. The number of unbranched alkanes of at least 4 members (excludes halogenated alkanes) is 1. The van der Waals surface area contributed by atoms with Crippen molar-refractivity contribution in [3.63, 3.8) is 0 Å². The minimum Gasteiger partial charge on any atom is -0.396 e. The van der Waals surface area contributed by atoms with Crippen LogP contribution in [0.4, 0.5) is 0 Å². The molecule has 0 aromatic heterocycles. The normalized spacial score (nSPS) is 27.1. The molecule has 15 heavy (non-hydrogen) atoms. The van der Waals surface area contributed by atoms with E-state index < -0.39 is 0 Å². The van der Waals surface area contributed by atoms with Crippen molar-refractivity contribution < 1.29 is 14.9 Å². The van der Waals surface area contributed by atoms with Gasteiger partial charge in [0.1, 0.15) is 0 Å². The van der Waals surface area contributed by atoms with E-state index in [-0.39, 0.29) is 12.7 Å². The number of aliphatic hydroxyl groups excluding tert-OH is 2. The van der Waals surface area contributed by atoms with Gasteiger partial charge >= 0.3 is 0 Å². The van der Waals surface area contributed by atoms with Gasteiger partial charge in [0.15, 0.2) is 0 Å². The molecular formula is C12H22O3. The van der Waals surface area contributed by atoms with E-state index >= 15 is 0 Å². The largest absolute Gasteiger partial charge is 0.396 e. The summed E-state index contributed by atoms with van der Waals surface area (Å²) in [6.07, 6.45) is 9.40. The Morgan fingerprint density at radius 1 is 1.27 bits per heavy atom. The van der Waals surface area contributed by atoms with Gasteiger partial charge in [-0.2, -0.15) is 0 Å². The minimum absolute atomic E-state index is 0.268. The fourth-order valence-corrected chi connectivity index (χ4v) is 1.71. The maximum Gasteiger partial charge on any atom is 0.0842 e. The first kappa shape index (κ1) is 12.7. The lowest BCUT2D eigenvalue weighted by Gasteiger charge is -1.95. The zero-order valence-corrected chi connectivity index (χ0v) is 9.43.